The number of halogens is 3. The Morgan fingerprint density at radius 2 is 2.11 bits per heavy atom. The van der Waals surface area contributed by atoms with Crippen LogP contribution in [-0.4, -0.2) is 51.1 Å². The van der Waals surface area contributed by atoms with Gasteiger partial charge >= 0.3 is 6.36 Å². The van der Waals surface area contributed by atoms with Crippen molar-refractivity contribution >= 4 is 15.5 Å². The van der Waals surface area contributed by atoms with Crippen molar-refractivity contribution in [3.05, 3.63) is 41.5 Å². The Morgan fingerprint density at radius 3 is 2.79 bits per heavy atom. The SMILES string of the molecule is Cc1cccc(S(=O)(=O)C2(C)CCOC(C3=CC(COC(F)(F)F)=NC3)C2)c1. The van der Waals surface area contributed by atoms with Crippen LogP contribution >= 0.6 is 0 Å². The molecule has 2 unspecified atom stereocenters. The number of sulfone groups is 1. The second kappa shape index (κ2) is 7.61. The van der Waals surface area contributed by atoms with E-state index >= 15 is 0 Å². The lowest BCUT2D eigenvalue weighted by molar-refractivity contribution is -0.317. The largest absolute Gasteiger partial charge is 0.522 e. The predicted molar refractivity (Wildman–Crippen MR) is 98.1 cm³/mol. The van der Waals surface area contributed by atoms with Gasteiger partial charge in [0.05, 0.1) is 34.6 Å². The molecule has 1 aromatic carbocycles. The van der Waals surface area contributed by atoms with Crippen molar-refractivity contribution in [3.63, 3.8) is 0 Å². The van der Waals surface area contributed by atoms with Gasteiger partial charge in [-0.15, -0.1) is 13.2 Å². The number of nitrogens with zero attached hydrogens (tertiary/aromatic N) is 1. The van der Waals surface area contributed by atoms with Crippen LogP contribution in [0.1, 0.15) is 25.3 Å². The average molecular weight is 417 g/mol. The van der Waals surface area contributed by atoms with Gasteiger partial charge in [-0.05, 0) is 56.0 Å². The Balaban J connectivity index is 1.75. The number of hydrogen-bond donors (Lipinski definition) is 0. The first kappa shape index (κ1) is 21.0. The molecule has 5 nitrogen and oxygen atoms in total. The molecule has 2 aliphatic rings. The summed E-state index contributed by atoms with van der Waals surface area (Å²) in [5.41, 5.74) is 1.70. The summed E-state index contributed by atoms with van der Waals surface area (Å²) in [5.74, 6) is 0. The smallest absolute Gasteiger partial charge is 0.374 e. The van der Waals surface area contributed by atoms with Crippen LogP contribution in [0.15, 0.2) is 45.8 Å². The first-order valence-corrected chi connectivity index (χ1v) is 10.4. The van der Waals surface area contributed by atoms with Gasteiger partial charge in [-0.25, -0.2) is 8.42 Å². The molecule has 9 heteroatoms. The molecule has 0 bridgehead atoms. The van der Waals surface area contributed by atoms with Crippen LogP contribution in [0.4, 0.5) is 13.2 Å². The summed E-state index contributed by atoms with van der Waals surface area (Å²) in [6, 6.07) is 6.78. The van der Waals surface area contributed by atoms with E-state index in [9.17, 15) is 21.6 Å². The highest BCUT2D eigenvalue weighted by molar-refractivity contribution is 7.92. The molecule has 1 saturated heterocycles. The van der Waals surface area contributed by atoms with Gasteiger partial charge in [-0.3, -0.25) is 9.73 Å². The summed E-state index contributed by atoms with van der Waals surface area (Å²) in [4.78, 5) is 4.31. The van der Waals surface area contributed by atoms with E-state index in [0.29, 0.717) is 12.0 Å². The van der Waals surface area contributed by atoms with Crippen molar-refractivity contribution in [1.82, 2.24) is 0 Å². The van der Waals surface area contributed by atoms with Crippen LogP contribution in [0, 0.1) is 6.92 Å². The Morgan fingerprint density at radius 1 is 1.36 bits per heavy atom. The van der Waals surface area contributed by atoms with Crippen molar-refractivity contribution in [2.24, 2.45) is 4.99 Å². The fourth-order valence-electron chi connectivity index (χ4n) is 3.46. The first-order valence-electron chi connectivity index (χ1n) is 8.88. The second-order valence-electron chi connectivity index (χ2n) is 7.34. The number of rotatable bonds is 5. The number of benzene rings is 1. The zero-order valence-corrected chi connectivity index (χ0v) is 16.4. The quantitative estimate of drug-likeness (QED) is 0.734. The molecular formula is C19H22F3NO4S. The molecule has 154 valence electrons. The lowest BCUT2D eigenvalue weighted by Gasteiger charge is -2.38. The van der Waals surface area contributed by atoms with Gasteiger partial charge in [-0.1, -0.05) is 12.1 Å². The minimum Gasteiger partial charge on any atom is -0.374 e. The maximum atomic E-state index is 13.3. The molecule has 0 saturated carbocycles. The maximum Gasteiger partial charge on any atom is 0.522 e. The van der Waals surface area contributed by atoms with Crippen molar-refractivity contribution in [2.75, 3.05) is 19.8 Å². The number of ether oxygens (including phenoxy) is 2. The molecular weight excluding hydrogens is 395 g/mol. The summed E-state index contributed by atoms with van der Waals surface area (Å²) in [7, 11) is -3.61. The molecule has 2 aliphatic heterocycles. The molecule has 0 N–H and O–H groups in total. The van der Waals surface area contributed by atoms with Gasteiger partial charge in [0.15, 0.2) is 9.84 Å². The second-order valence-corrected chi connectivity index (χ2v) is 9.81. The van der Waals surface area contributed by atoms with Gasteiger partial charge in [-0.2, -0.15) is 0 Å². The predicted octanol–water partition coefficient (Wildman–Crippen LogP) is 3.62. The summed E-state index contributed by atoms with van der Waals surface area (Å²) < 4.78 is 71.6. The highest BCUT2D eigenvalue weighted by Crippen LogP contribution is 2.39. The molecule has 0 radical (unpaired) electrons. The molecule has 0 aliphatic carbocycles. The molecule has 0 aromatic heterocycles. The standard InChI is InChI=1S/C19H22F3NO4S/c1-13-4-3-5-16(8-13)28(24,25)18(2)6-7-26-17(10-18)14-9-15(23-11-14)12-27-19(20,21)22/h3-5,8-9,17H,6-7,10-12H2,1-2H3. The fourth-order valence-corrected chi connectivity index (χ4v) is 5.35. The number of aliphatic imine (C=N–C) groups is 1. The van der Waals surface area contributed by atoms with Gasteiger partial charge < -0.3 is 4.74 Å². The van der Waals surface area contributed by atoms with Crippen LogP contribution in [0.25, 0.3) is 0 Å². The van der Waals surface area contributed by atoms with Crippen LogP contribution in [0.3, 0.4) is 0 Å². The molecule has 2 atom stereocenters. The van der Waals surface area contributed by atoms with E-state index in [2.05, 4.69) is 9.73 Å². The van der Waals surface area contributed by atoms with Crippen molar-refractivity contribution < 1.29 is 31.1 Å². The lowest BCUT2D eigenvalue weighted by atomic mass is 9.92. The van der Waals surface area contributed by atoms with E-state index in [4.69, 9.17) is 4.74 Å². The monoisotopic (exact) mass is 417 g/mol. The van der Waals surface area contributed by atoms with E-state index in [1.165, 1.54) is 6.08 Å². The normalized spacial score (nSPS) is 26.1. The number of alkyl halides is 3. The van der Waals surface area contributed by atoms with E-state index in [0.717, 1.165) is 5.56 Å². The third kappa shape index (κ3) is 4.47. The third-order valence-corrected chi connectivity index (χ3v) is 7.67. The van der Waals surface area contributed by atoms with Crippen LogP contribution in [-0.2, 0) is 19.3 Å². The molecule has 2 heterocycles. The maximum absolute atomic E-state index is 13.3. The van der Waals surface area contributed by atoms with Crippen molar-refractivity contribution in [1.29, 1.82) is 0 Å². The van der Waals surface area contributed by atoms with E-state index in [1.54, 1.807) is 25.1 Å². The molecule has 1 aromatic rings. The van der Waals surface area contributed by atoms with E-state index < -0.39 is 33.7 Å². The fraction of sp³-hybridized carbons (Fsp3) is 0.526. The van der Waals surface area contributed by atoms with Crippen LogP contribution in [0.5, 0.6) is 0 Å². The molecule has 0 spiro atoms. The summed E-state index contributed by atoms with van der Waals surface area (Å²) >= 11 is 0. The number of aryl methyl sites for hydroxylation is 1. The zero-order valence-electron chi connectivity index (χ0n) is 15.6. The van der Waals surface area contributed by atoms with Gasteiger partial charge in [0, 0.05) is 6.61 Å². The van der Waals surface area contributed by atoms with Gasteiger partial charge in [0.2, 0.25) is 0 Å². The van der Waals surface area contributed by atoms with Gasteiger partial charge in [0.1, 0.15) is 0 Å². The highest BCUT2D eigenvalue weighted by Gasteiger charge is 2.45. The minimum atomic E-state index is -4.72. The summed E-state index contributed by atoms with van der Waals surface area (Å²) in [6.07, 6.45) is -3.15. The number of hydrogen-bond acceptors (Lipinski definition) is 5. The highest BCUT2D eigenvalue weighted by atomic mass is 32.2. The summed E-state index contributed by atoms with van der Waals surface area (Å²) in [6.45, 7) is 3.29. The van der Waals surface area contributed by atoms with Crippen molar-refractivity contribution in [2.45, 2.75) is 48.8 Å². The van der Waals surface area contributed by atoms with E-state index in [1.807, 2.05) is 13.0 Å². The van der Waals surface area contributed by atoms with Gasteiger partial charge in [0.25, 0.3) is 0 Å². The average Bonchev–Trinajstić information content (AvgIpc) is 3.08. The van der Waals surface area contributed by atoms with Crippen LogP contribution in [0.2, 0.25) is 0 Å². The molecule has 1 fully saturated rings. The minimum absolute atomic E-state index is 0.171. The van der Waals surface area contributed by atoms with Crippen molar-refractivity contribution in [3.8, 4) is 0 Å². The summed E-state index contributed by atoms with van der Waals surface area (Å²) in [5, 5.41) is 0. The Hall–Kier alpha value is -1.71. The Labute approximate surface area is 162 Å². The lowest BCUT2D eigenvalue weighted by Crippen LogP contribution is -2.45. The third-order valence-electron chi connectivity index (χ3n) is 5.13. The molecule has 28 heavy (non-hydrogen) atoms. The molecule has 0 amide bonds. The van der Waals surface area contributed by atoms with Crippen LogP contribution < -0.4 is 0 Å². The zero-order chi connectivity index (χ0) is 20.6. The first-order chi connectivity index (χ1) is 13.0. The molecule has 3 rings (SSSR count). The van der Waals surface area contributed by atoms with E-state index in [-0.39, 0.29) is 30.2 Å². The Bertz CT molecular complexity index is 908. The topological polar surface area (TPSA) is 65.0 Å². The Kier molecular flexibility index (Phi) is 5.71.